The van der Waals surface area contributed by atoms with Gasteiger partial charge in [0.05, 0.1) is 32.0 Å². The van der Waals surface area contributed by atoms with Gasteiger partial charge in [0.25, 0.3) is 5.56 Å². The van der Waals surface area contributed by atoms with Crippen LogP contribution in [0.2, 0.25) is 0 Å². The second-order valence-corrected chi connectivity index (χ2v) is 8.81. The summed E-state index contributed by atoms with van der Waals surface area (Å²) < 4.78 is 49.5. The zero-order chi connectivity index (χ0) is 23.3. The number of piperazine rings is 1. The minimum atomic E-state index is -4.40. The molecule has 0 radical (unpaired) electrons. The second kappa shape index (κ2) is 10.6. The molecule has 0 bridgehead atoms. The Morgan fingerprint density at radius 3 is 2.69 bits per heavy atom. The quantitative estimate of drug-likeness (QED) is 0.514. The van der Waals surface area contributed by atoms with Crippen LogP contribution in [0.4, 0.5) is 18.3 Å². The smallest absolute Gasteiger partial charge is 0.427 e. The molecule has 0 spiro atoms. The van der Waals surface area contributed by atoms with Crippen molar-refractivity contribution in [3.8, 4) is 5.75 Å². The van der Waals surface area contributed by atoms with Crippen LogP contribution >= 0.6 is 27.3 Å². The van der Waals surface area contributed by atoms with E-state index in [-0.39, 0.29) is 36.1 Å². The second-order valence-electron chi connectivity index (χ2n) is 7.00. The Morgan fingerprint density at radius 1 is 1.31 bits per heavy atom. The molecule has 1 fully saturated rings. The number of halogens is 4. The van der Waals surface area contributed by atoms with E-state index in [0.29, 0.717) is 48.4 Å². The Hall–Kier alpha value is -2.19. The number of carbonyl (C=O) groups is 1. The van der Waals surface area contributed by atoms with Crippen LogP contribution in [0.15, 0.2) is 21.7 Å². The Morgan fingerprint density at radius 2 is 2.03 bits per heavy atom. The first-order valence-electron chi connectivity index (χ1n) is 9.68. The molecule has 1 atom stereocenters. The highest BCUT2D eigenvalue weighted by Crippen LogP contribution is 2.36. The fourth-order valence-electron chi connectivity index (χ4n) is 2.96. The van der Waals surface area contributed by atoms with Gasteiger partial charge in [-0.15, -0.1) is 0 Å². The number of nitrogens with zero attached hydrogens (tertiary/aromatic N) is 4. The number of alkyl halides is 3. The molecule has 176 valence electrons. The number of nitrogens with one attached hydrogen (secondary N) is 1. The number of rotatable bonds is 8. The fourth-order valence-corrected chi connectivity index (χ4v) is 4.08. The van der Waals surface area contributed by atoms with Gasteiger partial charge in [0.15, 0.2) is 10.9 Å². The van der Waals surface area contributed by atoms with Gasteiger partial charge in [0.1, 0.15) is 15.5 Å². The number of thiazole rings is 1. The van der Waals surface area contributed by atoms with Gasteiger partial charge in [0.2, 0.25) is 5.91 Å². The van der Waals surface area contributed by atoms with Gasteiger partial charge in [-0.3, -0.25) is 9.59 Å². The van der Waals surface area contributed by atoms with Gasteiger partial charge < -0.3 is 19.3 Å². The average molecular weight is 540 g/mol. The molecule has 3 rings (SSSR count). The molecule has 1 aliphatic heterocycles. The molecule has 2 aromatic rings. The zero-order valence-electron chi connectivity index (χ0n) is 17.0. The molecule has 0 aromatic carbocycles. The number of H-pyrrole nitrogens is 1. The van der Waals surface area contributed by atoms with Crippen molar-refractivity contribution in [1.82, 2.24) is 20.1 Å². The van der Waals surface area contributed by atoms with Gasteiger partial charge in [-0.05, 0) is 22.9 Å². The molecule has 1 saturated heterocycles. The van der Waals surface area contributed by atoms with E-state index in [4.69, 9.17) is 9.47 Å². The van der Waals surface area contributed by atoms with Crippen molar-refractivity contribution < 1.29 is 27.4 Å². The minimum absolute atomic E-state index is 0.0881. The lowest BCUT2D eigenvalue weighted by Gasteiger charge is -2.34. The number of hydrogen-bond donors (Lipinski definition) is 1. The number of amides is 1. The van der Waals surface area contributed by atoms with Crippen LogP contribution in [0.5, 0.6) is 5.75 Å². The predicted molar refractivity (Wildman–Crippen MR) is 114 cm³/mol. The third-order valence-electron chi connectivity index (χ3n) is 4.58. The molecule has 1 N–H and O–H groups in total. The van der Waals surface area contributed by atoms with Crippen LogP contribution in [-0.2, 0) is 15.7 Å². The number of ether oxygens (including phenoxy) is 2. The maximum Gasteiger partial charge on any atom is 0.427 e. The van der Waals surface area contributed by atoms with Crippen molar-refractivity contribution in [2.24, 2.45) is 0 Å². The molecule has 1 aliphatic rings. The van der Waals surface area contributed by atoms with E-state index in [1.807, 2.05) is 0 Å². The van der Waals surface area contributed by atoms with E-state index in [2.05, 4.69) is 31.1 Å². The van der Waals surface area contributed by atoms with E-state index < -0.39 is 16.6 Å². The molecule has 14 heteroatoms. The lowest BCUT2D eigenvalue weighted by molar-refractivity contribution is -0.134. The van der Waals surface area contributed by atoms with Crippen LogP contribution in [0.1, 0.15) is 18.2 Å². The van der Waals surface area contributed by atoms with Crippen molar-refractivity contribution in [2.75, 3.05) is 44.3 Å². The summed E-state index contributed by atoms with van der Waals surface area (Å²) in [6, 6.07) is 0. The van der Waals surface area contributed by atoms with Crippen molar-refractivity contribution >= 4 is 38.3 Å². The van der Waals surface area contributed by atoms with Gasteiger partial charge in [-0.25, -0.2) is 10.1 Å². The largest absolute Gasteiger partial charge is 0.485 e. The van der Waals surface area contributed by atoms with Gasteiger partial charge in [-0.1, -0.05) is 11.3 Å². The number of aromatic amines is 1. The molecule has 1 amide bonds. The van der Waals surface area contributed by atoms with Crippen LogP contribution in [-0.4, -0.2) is 71.5 Å². The van der Waals surface area contributed by atoms with E-state index in [0.717, 1.165) is 6.20 Å². The zero-order valence-corrected chi connectivity index (χ0v) is 19.4. The molecule has 9 nitrogen and oxygen atoms in total. The number of carbonyl (C=O) groups excluding carboxylic acids is 1. The molecule has 0 unspecified atom stereocenters. The summed E-state index contributed by atoms with van der Waals surface area (Å²) in [5, 5.41) is 6.25. The Balaban J connectivity index is 1.36. The number of aromatic nitrogens is 3. The monoisotopic (exact) mass is 539 g/mol. The normalized spacial score (nSPS) is 15.7. The van der Waals surface area contributed by atoms with Crippen molar-refractivity contribution in [1.29, 1.82) is 0 Å². The summed E-state index contributed by atoms with van der Waals surface area (Å²) in [5.74, 6) is 0.205. The minimum Gasteiger partial charge on any atom is -0.485 e. The van der Waals surface area contributed by atoms with E-state index in [1.165, 1.54) is 6.20 Å². The molecule has 2 aromatic heterocycles. The third-order valence-corrected chi connectivity index (χ3v) is 6.43. The summed E-state index contributed by atoms with van der Waals surface area (Å²) >= 11 is 3.73. The van der Waals surface area contributed by atoms with E-state index in [9.17, 15) is 22.8 Å². The lowest BCUT2D eigenvalue weighted by Crippen LogP contribution is -2.49. The molecule has 32 heavy (non-hydrogen) atoms. The summed E-state index contributed by atoms with van der Waals surface area (Å²) in [7, 11) is 0. The Bertz CT molecular complexity index is 978. The molecule has 0 saturated carbocycles. The van der Waals surface area contributed by atoms with Crippen LogP contribution < -0.4 is 15.2 Å². The van der Waals surface area contributed by atoms with Crippen molar-refractivity contribution in [2.45, 2.75) is 25.6 Å². The average Bonchev–Trinajstić information content (AvgIpc) is 3.25. The van der Waals surface area contributed by atoms with Crippen LogP contribution in [0.3, 0.4) is 0 Å². The van der Waals surface area contributed by atoms with E-state index >= 15 is 0 Å². The summed E-state index contributed by atoms with van der Waals surface area (Å²) in [6.45, 7) is 3.82. The lowest BCUT2D eigenvalue weighted by atomic mass is 10.3. The first-order valence-corrected chi connectivity index (χ1v) is 11.3. The first kappa shape index (κ1) is 24.5. The van der Waals surface area contributed by atoms with Gasteiger partial charge in [0, 0.05) is 26.2 Å². The topological polar surface area (TPSA) is 101 Å². The van der Waals surface area contributed by atoms with Crippen LogP contribution in [0, 0.1) is 0 Å². The molecular weight excluding hydrogens is 519 g/mol. The molecule has 0 aliphatic carbocycles. The van der Waals surface area contributed by atoms with Gasteiger partial charge >= 0.3 is 6.18 Å². The first-order chi connectivity index (χ1) is 15.1. The molecule has 3 heterocycles. The highest BCUT2D eigenvalue weighted by Gasteiger charge is 2.34. The SMILES string of the molecule is C[C@@H](COCCC(=O)N1CCN(c2ncc(C(F)(F)F)s2)CC1)Oc1cn[nH]c(=O)c1Br. The van der Waals surface area contributed by atoms with Crippen molar-refractivity contribution in [3.63, 3.8) is 0 Å². The van der Waals surface area contributed by atoms with Crippen LogP contribution in [0.25, 0.3) is 0 Å². The molecular formula is C18H21BrF3N5O4S. The number of anilines is 1. The standard InChI is InChI=1S/C18H21BrF3N5O4S/c1-11(31-12-8-24-25-16(29)15(12)19)10-30-7-2-14(28)26-3-5-27(6-4-26)17-23-9-13(32-17)18(20,21)22/h8-9,11H,2-7,10H2,1H3,(H,25,29)/t11-/m0/s1. The van der Waals surface area contributed by atoms with Gasteiger partial charge in [-0.2, -0.15) is 18.3 Å². The maximum absolute atomic E-state index is 12.7. The fraction of sp³-hybridized carbons (Fsp3) is 0.556. The van der Waals surface area contributed by atoms with Crippen molar-refractivity contribution in [3.05, 3.63) is 32.1 Å². The number of hydrogen-bond acceptors (Lipinski definition) is 8. The van der Waals surface area contributed by atoms with E-state index in [1.54, 1.807) is 16.7 Å². The summed E-state index contributed by atoms with van der Waals surface area (Å²) in [4.78, 5) is 30.4. The third kappa shape index (κ3) is 6.42. The predicted octanol–water partition coefficient (Wildman–Crippen LogP) is 2.53. The Kier molecular flexibility index (Phi) is 8.11. The highest BCUT2D eigenvalue weighted by atomic mass is 79.9. The summed E-state index contributed by atoms with van der Waals surface area (Å²) in [5.41, 5.74) is -0.406. The summed E-state index contributed by atoms with van der Waals surface area (Å²) in [6.07, 6.45) is -2.37. The Labute approximate surface area is 193 Å². The maximum atomic E-state index is 12.7. The highest BCUT2D eigenvalue weighted by molar-refractivity contribution is 9.10.